The van der Waals surface area contributed by atoms with E-state index in [-0.39, 0.29) is 23.0 Å². The number of phenols is 4. The third-order valence-electron chi connectivity index (χ3n) is 4.24. The minimum absolute atomic E-state index is 0.215. The number of hydrogen-bond acceptors (Lipinski definition) is 4. The van der Waals surface area contributed by atoms with E-state index >= 15 is 0 Å². The van der Waals surface area contributed by atoms with Crippen molar-refractivity contribution in [1.29, 1.82) is 0 Å². The number of nitrogens with zero attached hydrogens (tertiary/aromatic N) is 1. The molecule has 4 N–H and O–H groups in total. The van der Waals surface area contributed by atoms with Gasteiger partial charge in [0.25, 0.3) is 0 Å². The molecule has 0 bridgehead atoms. The van der Waals surface area contributed by atoms with Gasteiger partial charge in [-0.1, -0.05) is 30.3 Å². The summed E-state index contributed by atoms with van der Waals surface area (Å²) in [6, 6.07) is 15.7. The lowest BCUT2D eigenvalue weighted by molar-refractivity contribution is 0.404. The zero-order chi connectivity index (χ0) is 16.8. The molecule has 5 heteroatoms. The van der Waals surface area contributed by atoms with Crippen LogP contribution in [0.5, 0.6) is 23.0 Å². The fourth-order valence-electron chi connectivity index (χ4n) is 3.08. The molecule has 0 saturated carbocycles. The lowest BCUT2D eigenvalue weighted by atomic mass is 10.1. The smallest absolute Gasteiger partial charge is 0.159 e. The SMILES string of the molecule is Oc1cc2c3cc(O)c(O)cc3n(Cc3ccccc3)c2cc1O. The summed E-state index contributed by atoms with van der Waals surface area (Å²) < 4.78 is 1.93. The van der Waals surface area contributed by atoms with E-state index in [0.717, 1.165) is 5.56 Å². The van der Waals surface area contributed by atoms with Crippen LogP contribution in [0.25, 0.3) is 21.8 Å². The largest absolute Gasteiger partial charge is 0.504 e. The highest BCUT2D eigenvalue weighted by Crippen LogP contribution is 2.40. The molecular formula is C19H15NO4. The number of rotatable bonds is 2. The van der Waals surface area contributed by atoms with Crippen molar-refractivity contribution in [2.24, 2.45) is 0 Å². The first kappa shape index (κ1) is 14.3. The fraction of sp³-hybridized carbons (Fsp3) is 0.0526. The molecule has 0 unspecified atom stereocenters. The Bertz CT molecular complexity index is 1000. The first-order chi connectivity index (χ1) is 11.5. The summed E-state index contributed by atoms with van der Waals surface area (Å²) in [6.45, 7) is 0.523. The second-order valence-electron chi connectivity index (χ2n) is 5.79. The topological polar surface area (TPSA) is 85.9 Å². The molecule has 4 aromatic rings. The highest BCUT2D eigenvalue weighted by atomic mass is 16.3. The summed E-state index contributed by atoms with van der Waals surface area (Å²) in [5.74, 6) is -0.885. The maximum Gasteiger partial charge on any atom is 0.159 e. The maximum absolute atomic E-state index is 9.88. The maximum atomic E-state index is 9.88. The Kier molecular flexibility index (Phi) is 3.03. The fourth-order valence-corrected chi connectivity index (χ4v) is 3.08. The van der Waals surface area contributed by atoms with Crippen LogP contribution in [-0.2, 0) is 6.54 Å². The van der Waals surface area contributed by atoms with Crippen LogP contribution in [0.3, 0.4) is 0 Å². The van der Waals surface area contributed by atoms with Crippen LogP contribution in [0.15, 0.2) is 54.6 Å². The van der Waals surface area contributed by atoms with Gasteiger partial charge in [-0.3, -0.25) is 0 Å². The van der Waals surface area contributed by atoms with E-state index in [1.165, 1.54) is 24.3 Å². The van der Waals surface area contributed by atoms with Crippen LogP contribution >= 0.6 is 0 Å². The molecule has 0 aliphatic carbocycles. The summed E-state index contributed by atoms with van der Waals surface area (Å²) in [6.07, 6.45) is 0. The van der Waals surface area contributed by atoms with E-state index in [9.17, 15) is 20.4 Å². The van der Waals surface area contributed by atoms with Crippen LogP contribution in [0.1, 0.15) is 5.56 Å². The lowest BCUT2D eigenvalue weighted by Crippen LogP contribution is -1.99. The number of hydrogen-bond donors (Lipinski definition) is 4. The van der Waals surface area contributed by atoms with Gasteiger partial charge in [0.1, 0.15) is 0 Å². The molecule has 4 rings (SSSR count). The van der Waals surface area contributed by atoms with Crippen molar-refractivity contribution >= 4 is 21.8 Å². The van der Waals surface area contributed by atoms with E-state index in [1.807, 2.05) is 34.9 Å². The minimum atomic E-state index is -0.228. The van der Waals surface area contributed by atoms with Gasteiger partial charge in [-0.15, -0.1) is 0 Å². The Morgan fingerprint density at radius 1 is 0.625 bits per heavy atom. The van der Waals surface area contributed by atoms with Crippen molar-refractivity contribution in [3.8, 4) is 23.0 Å². The number of aromatic hydroxyl groups is 4. The average molecular weight is 321 g/mol. The highest BCUT2D eigenvalue weighted by molar-refractivity contribution is 6.10. The molecule has 0 aliphatic rings. The molecule has 0 atom stereocenters. The van der Waals surface area contributed by atoms with Crippen molar-refractivity contribution in [2.45, 2.75) is 6.54 Å². The third-order valence-corrected chi connectivity index (χ3v) is 4.24. The van der Waals surface area contributed by atoms with E-state index in [1.54, 1.807) is 0 Å². The molecule has 0 aliphatic heterocycles. The molecule has 1 heterocycles. The normalized spacial score (nSPS) is 11.3. The summed E-state index contributed by atoms with van der Waals surface area (Å²) >= 11 is 0. The van der Waals surface area contributed by atoms with Gasteiger partial charge in [0, 0.05) is 29.4 Å². The molecule has 24 heavy (non-hydrogen) atoms. The molecular weight excluding hydrogens is 306 g/mol. The number of phenolic OH excluding ortho intramolecular Hbond substituents is 4. The minimum Gasteiger partial charge on any atom is -0.504 e. The zero-order valence-electron chi connectivity index (χ0n) is 12.6. The van der Waals surface area contributed by atoms with Crippen molar-refractivity contribution < 1.29 is 20.4 Å². The van der Waals surface area contributed by atoms with E-state index in [2.05, 4.69) is 0 Å². The van der Waals surface area contributed by atoms with Gasteiger partial charge in [-0.2, -0.15) is 0 Å². The summed E-state index contributed by atoms with van der Waals surface area (Å²) in [5, 5.41) is 40.8. The summed E-state index contributed by atoms with van der Waals surface area (Å²) in [7, 11) is 0. The van der Waals surface area contributed by atoms with Gasteiger partial charge in [0.05, 0.1) is 11.0 Å². The van der Waals surface area contributed by atoms with E-state index in [0.29, 0.717) is 28.4 Å². The molecule has 0 spiro atoms. The molecule has 0 radical (unpaired) electrons. The molecule has 0 fully saturated rings. The molecule has 5 nitrogen and oxygen atoms in total. The summed E-state index contributed by atoms with van der Waals surface area (Å²) in [4.78, 5) is 0. The Balaban J connectivity index is 2.08. The van der Waals surface area contributed by atoms with Gasteiger partial charge in [0.15, 0.2) is 23.0 Å². The highest BCUT2D eigenvalue weighted by Gasteiger charge is 2.16. The van der Waals surface area contributed by atoms with Crippen LogP contribution < -0.4 is 0 Å². The second kappa shape index (κ2) is 5.09. The predicted octanol–water partition coefficient (Wildman–Crippen LogP) is 3.67. The first-order valence-electron chi connectivity index (χ1n) is 7.48. The van der Waals surface area contributed by atoms with Crippen molar-refractivity contribution in [2.75, 3.05) is 0 Å². The zero-order valence-corrected chi connectivity index (χ0v) is 12.6. The van der Waals surface area contributed by atoms with Crippen LogP contribution in [-0.4, -0.2) is 25.0 Å². The van der Waals surface area contributed by atoms with E-state index in [4.69, 9.17) is 0 Å². The van der Waals surface area contributed by atoms with Crippen LogP contribution in [0, 0.1) is 0 Å². The summed E-state index contributed by atoms with van der Waals surface area (Å²) in [5.41, 5.74) is 2.46. The molecule has 3 aromatic carbocycles. The number of fused-ring (bicyclic) bond motifs is 3. The van der Waals surface area contributed by atoms with Crippen molar-refractivity contribution in [3.05, 3.63) is 60.2 Å². The Hall–Kier alpha value is -3.34. The Morgan fingerprint density at radius 2 is 1.08 bits per heavy atom. The molecule has 0 saturated heterocycles. The van der Waals surface area contributed by atoms with E-state index < -0.39 is 0 Å². The standard InChI is InChI=1S/C19H15NO4/c21-16-6-12-13-7-17(22)19(24)9-15(13)20(14(12)8-18(16)23)10-11-4-2-1-3-5-11/h1-9,21-24H,10H2. The second-order valence-corrected chi connectivity index (χ2v) is 5.79. The number of aromatic nitrogens is 1. The molecule has 120 valence electrons. The predicted molar refractivity (Wildman–Crippen MR) is 91.6 cm³/mol. The van der Waals surface area contributed by atoms with Gasteiger partial charge < -0.3 is 25.0 Å². The van der Waals surface area contributed by atoms with Crippen LogP contribution in [0.2, 0.25) is 0 Å². The quantitative estimate of drug-likeness (QED) is 0.424. The molecule has 0 amide bonds. The van der Waals surface area contributed by atoms with Crippen molar-refractivity contribution in [3.63, 3.8) is 0 Å². The first-order valence-corrected chi connectivity index (χ1v) is 7.48. The Labute approximate surface area is 137 Å². The van der Waals surface area contributed by atoms with Gasteiger partial charge >= 0.3 is 0 Å². The van der Waals surface area contributed by atoms with Crippen molar-refractivity contribution in [1.82, 2.24) is 4.57 Å². The lowest BCUT2D eigenvalue weighted by Gasteiger charge is -2.08. The third kappa shape index (κ3) is 2.10. The molecule has 1 aromatic heterocycles. The van der Waals surface area contributed by atoms with Gasteiger partial charge in [-0.25, -0.2) is 0 Å². The Morgan fingerprint density at radius 3 is 1.58 bits per heavy atom. The average Bonchev–Trinajstić information content (AvgIpc) is 2.83. The van der Waals surface area contributed by atoms with Crippen LogP contribution in [0.4, 0.5) is 0 Å². The van der Waals surface area contributed by atoms with Gasteiger partial charge in [-0.05, 0) is 17.7 Å². The van der Waals surface area contributed by atoms with Gasteiger partial charge in [0.2, 0.25) is 0 Å². The number of benzene rings is 3. The monoisotopic (exact) mass is 321 g/mol.